The number of para-hydroxylation sites is 3. The van der Waals surface area contributed by atoms with Crippen LogP contribution in [0.2, 0.25) is 0 Å². The van der Waals surface area contributed by atoms with Gasteiger partial charge in [0.25, 0.3) is 0 Å². The first-order chi connectivity index (χ1) is 26.8. The molecule has 0 amide bonds. The topological polar surface area (TPSA) is 55.1 Å². The summed E-state index contributed by atoms with van der Waals surface area (Å²) in [6.45, 7) is 0. The number of hydrogen-bond donors (Lipinski definition) is 0. The minimum Gasteiger partial charge on any atom is -0.455 e. The molecule has 2 aromatic heterocycles. The zero-order valence-corrected chi connectivity index (χ0v) is 29.2. The van der Waals surface area contributed by atoms with Crippen molar-refractivity contribution in [2.75, 3.05) is 4.90 Å². The van der Waals surface area contributed by atoms with Gasteiger partial charge in [-0.25, -0.2) is 15.0 Å². The van der Waals surface area contributed by atoms with Gasteiger partial charge in [0.05, 0.1) is 5.56 Å². The molecule has 0 bridgehead atoms. The molecule has 254 valence electrons. The summed E-state index contributed by atoms with van der Waals surface area (Å²) in [6, 6.07) is 66.8. The lowest BCUT2D eigenvalue weighted by atomic mass is 9.94. The van der Waals surface area contributed by atoms with E-state index in [2.05, 4.69) is 120 Å². The van der Waals surface area contributed by atoms with Crippen LogP contribution in [-0.2, 0) is 0 Å². The molecule has 0 N–H and O–H groups in total. The van der Waals surface area contributed by atoms with Crippen LogP contribution < -0.4 is 4.90 Å². The smallest absolute Gasteiger partial charge is 0.167 e. The Labute approximate surface area is 312 Å². The molecule has 54 heavy (non-hydrogen) atoms. The number of nitrogens with zero attached hydrogens (tertiary/aromatic N) is 4. The van der Waals surface area contributed by atoms with Crippen LogP contribution >= 0.6 is 0 Å². The standard InChI is InChI=1S/C49H32N4O/c1-5-16-34(17-6-1)47-50-48(35-18-7-2-8-19-35)52-49(51-47)42-27-15-26-41-43-32-36-20-13-14-25-40(36)44(46(43)54-45(41)42)33-28-30-39(31-29-33)53(37-21-9-3-10-22-37)38-23-11-4-12-24-38/h1-32H. The molecule has 10 rings (SSSR count). The SMILES string of the molecule is c1ccc(-c2nc(-c3ccccc3)nc(-c3cccc4c3oc3c(-c5ccc(N(c6ccccc6)c6ccccc6)cc5)c5ccccc5cc34)n2)cc1. The van der Waals surface area contributed by atoms with Gasteiger partial charge in [-0.1, -0.05) is 146 Å². The lowest BCUT2D eigenvalue weighted by Gasteiger charge is -2.25. The zero-order chi connectivity index (χ0) is 35.8. The number of fused-ring (bicyclic) bond motifs is 4. The van der Waals surface area contributed by atoms with Gasteiger partial charge in [-0.15, -0.1) is 0 Å². The molecule has 0 saturated carbocycles. The van der Waals surface area contributed by atoms with Gasteiger partial charge in [0, 0.05) is 44.5 Å². The number of hydrogen-bond acceptors (Lipinski definition) is 5. The fourth-order valence-electron chi connectivity index (χ4n) is 7.37. The van der Waals surface area contributed by atoms with Gasteiger partial charge in [0.2, 0.25) is 0 Å². The number of aromatic nitrogens is 3. The molecular formula is C49H32N4O. The van der Waals surface area contributed by atoms with Gasteiger partial charge in [-0.05, 0) is 64.9 Å². The number of benzene rings is 8. The monoisotopic (exact) mass is 692 g/mol. The molecule has 0 fully saturated rings. The molecule has 0 spiro atoms. The van der Waals surface area contributed by atoms with Crippen LogP contribution in [0.5, 0.6) is 0 Å². The third kappa shape index (κ3) is 5.56. The highest BCUT2D eigenvalue weighted by Gasteiger charge is 2.21. The molecule has 0 aliphatic heterocycles. The molecule has 8 aromatic carbocycles. The summed E-state index contributed by atoms with van der Waals surface area (Å²) in [5.74, 6) is 1.78. The summed E-state index contributed by atoms with van der Waals surface area (Å²) in [6.07, 6.45) is 0. The second-order valence-electron chi connectivity index (χ2n) is 13.2. The molecule has 0 atom stereocenters. The molecule has 5 nitrogen and oxygen atoms in total. The minimum absolute atomic E-state index is 0.560. The molecule has 0 aliphatic rings. The van der Waals surface area contributed by atoms with Crippen LogP contribution in [0.25, 0.3) is 78.0 Å². The van der Waals surface area contributed by atoms with Crippen LogP contribution in [0, 0.1) is 0 Å². The molecule has 0 aliphatic carbocycles. The normalized spacial score (nSPS) is 11.3. The van der Waals surface area contributed by atoms with E-state index in [-0.39, 0.29) is 0 Å². The Balaban J connectivity index is 1.16. The van der Waals surface area contributed by atoms with Crippen molar-refractivity contribution in [2.24, 2.45) is 0 Å². The fourth-order valence-corrected chi connectivity index (χ4v) is 7.37. The van der Waals surface area contributed by atoms with Crippen LogP contribution in [0.1, 0.15) is 0 Å². The third-order valence-corrected chi connectivity index (χ3v) is 9.89. The Morgan fingerprint density at radius 1 is 0.352 bits per heavy atom. The van der Waals surface area contributed by atoms with E-state index in [1.54, 1.807) is 0 Å². The summed E-state index contributed by atoms with van der Waals surface area (Å²) >= 11 is 0. The van der Waals surface area contributed by atoms with Crippen molar-refractivity contribution in [2.45, 2.75) is 0 Å². The molecule has 0 radical (unpaired) electrons. The number of furan rings is 1. The van der Waals surface area contributed by atoms with E-state index in [0.717, 1.165) is 77.6 Å². The lowest BCUT2D eigenvalue weighted by Crippen LogP contribution is -2.09. The van der Waals surface area contributed by atoms with Gasteiger partial charge in [-0.2, -0.15) is 0 Å². The first-order valence-corrected chi connectivity index (χ1v) is 18.0. The first kappa shape index (κ1) is 31.4. The Bertz CT molecular complexity index is 2810. The Kier molecular flexibility index (Phi) is 7.73. The molecular weight excluding hydrogens is 661 g/mol. The summed E-state index contributed by atoms with van der Waals surface area (Å²) in [5.41, 5.74) is 9.60. The summed E-state index contributed by atoms with van der Waals surface area (Å²) < 4.78 is 7.03. The van der Waals surface area contributed by atoms with Gasteiger partial charge in [0.15, 0.2) is 17.5 Å². The maximum atomic E-state index is 7.03. The molecule has 0 unspecified atom stereocenters. The summed E-state index contributed by atoms with van der Waals surface area (Å²) in [4.78, 5) is 17.3. The molecule has 2 heterocycles. The van der Waals surface area contributed by atoms with E-state index >= 15 is 0 Å². The molecule has 0 saturated heterocycles. The van der Waals surface area contributed by atoms with Crippen LogP contribution in [-0.4, -0.2) is 15.0 Å². The van der Waals surface area contributed by atoms with E-state index < -0.39 is 0 Å². The molecule has 5 heteroatoms. The largest absolute Gasteiger partial charge is 0.455 e. The minimum atomic E-state index is 0.560. The van der Waals surface area contributed by atoms with E-state index in [0.29, 0.717) is 17.5 Å². The Morgan fingerprint density at radius 2 is 0.852 bits per heavy atom. The van der Waals surface area contributed by atoms with Crippen molar-refractivity contribution < 1.29 is 4.42 Å². The van der Waals surface area contributed by atoms with Crippen LogP contribution in [0.3, 0.4) is 0 Å². The van der Waals surface area contributed by atoms with Crippen molar-refractivity contribution in [3.63, 3.8) is 0 Å². The van der Waals surface area contributed by atoms with Crippen molar-refractivity contribution in [3.05, 3.63) is 194 Å². The van der Waals surface area contributed by atoms with Crippen molar-refractivity contribution in [1.82, 2.24) is 15.0 Å². The van der Waals surface area contributed by atoms with E-state index in [9.17, 15) is 0 Å². The average Bonchev–Trinajstić information content (AvgIpc) is 3.63. The predicted molar refractivity (Wildman–Crippen MR) is 221 cm³/mol. The third-order valence-electron chi connectivity index (χ3n) is 9.89. The highest BCUT2D eigenvalue weighted by atomic mass is 16.3. The van der Waals surface area contributed by atoms with Crippen LogP contribution in [0.4, 0.5) is 17.1 Å². The van der Waals surface area contributed by atoms with Gasteiger partial charge in [-0.3, -0.25) is 0 Å². The lowest BCUT2D eigenvalue weighted by molar-refractivity contribution is 0.671. The van der Waals surface area contributed by atoms with Gasteiger partial charge >= 0.3 is 0 Å². The summed E-state index contributed by atoms with van der Waals surface area (Å²) in [5, 5.41) is 4.32. The molecule has 10 aromatic rings. The predicted octanol–water partition coefficient (Wildman–Crippen LogP) is 13.1. The Hall–Kier alpha value is -7.37. The van der Waals surface area contributed by atoms with Crippen molar-refractivity contribution in [3.8, 4) is 45.3 Å². The second-order valence-corrected chi connectivity index (χ2v) is 13.2. The van der Waals surface area contributed by atoms with E-state index in [4.69, 9.17) is 19.4 Å². The highest BCUT2D eigenvalue weighted by Crippen LogP contribution is 2.44. The highest BCUT2D eigenvalue weighted by molar-refractivity contribution is 6.19. The van der Waals surface area contributed by atoms with Crippen molar-refractivity contribution in [1.29, 1.82) is 0 Å². The Morgan fingerprint density at radius 3 is 1.46 bits per heavy atom. The second kappa shape index (κ2) is 13.3. The fraction of sp³-hybridized carbons (Fsp3) is 0. The van der Waals surface area contributed by atoms with Crippen LogP contribution in [0.15, 0.2) is 199 Å². The zero-order valence-electron chi connectivity index (χ0n) is 29.2. The average molecular weight is 693 g/mol. The number of rotatable bonds is 7. The summed E-state index contributed by atoms with van der Waals surface area (Å²) in [7, 11) is 0. The van der Waals surface area contributed by atoms with E-state index in [1.165, 1.54) is 0 Å². The maximum Gasteiger partial charge on any atom is 0.167 e. The van der Waals surface area contributed by atoms with Gasteiger partial charge in [0.1, 0.15) is 11.2 Å². The van der Waals surface area contributed by atoms with Gasteiger partial charge < -0.3 is 9.32 Å². The van der Waals surface area contributed by atoms with Crippen molar-refractivity contribution >= 4 is 49.8 Å². The van der Waals surface area contributed by atoms with E-state index in [1.807, 2.05) is 78.9 Å². The number of anilines is 3. The quantitative estimate of drug-likeness (QED) is 0.166. The maximum absolute atomic E-state index is 7.03. The first-order valence-electron chi connectivity index (χ1n) is 18.0.